The third kappa shape index (κ3) is 2.88. The minimum Gasteiger partial charge on any atom is -0.324 e. The summed E-state index contributed by atoms with van der Waals surface area (Å²) < 4.78 is 1.86. The fraction of sp³-hybridized carbons (Fsp3) is 0.308. The van der Waals surface area contributed by atoms with Crippen LogP contribution in [0.15, 0.2) is 34.2 Å². The van der Waals surface area contributed by atoms with Crippen LogP contribution in [0.2, 0.25) is 5.02 Å². The van der Waals surface area contributed by atoms with Crippen LogP contribution in [0.25, 0.3) is 0 Å². The molecule has 0 aliphatic carbocycles. The van der Waals surface area contributed by atoms with Gasteiger partial charge in [-0.15, -0.1) is 0 Å². The van der Waals surface area contributed by atoms with E-state index >= 15 is 0 Å². The molecule has 1 unspecified atom stereocenters. The highest BCUT2D eigenvalue weighted by Gasteiger charge is 2.09. The molecule has 2 N–H and O–H groups in total. The first-order chi connectivity index (χ1) is 8.47. The number of halogens is 1. The Balaban J connectivity index is 2.27. The molecule has 1 atom stereocenters. The van der Waals surface area contributed by atoms with Crippen LogP contribution < -0.4 is 5.73 Å². The van der Waals surface area contributed by atoms with E-state index in [1.165, 1.54) is 0 Å². The Kier molecular flexibility index (Phi) is 4.00. The normalized spacial score (nSPS) is 12.7. The van der Waals surface area contributed by atoms with Crippen molar-refractivity contribution in [2.24, 2.45) is 12.8 Å². The lowest BCUT2D eigenvalue weighted by Crippen LogP contribution is -2.04. The van der Waals surface area contributed by atoms with E-state index in [0.717, 1.165) is 26.2 Å². The average molecular weight is 282 g/mol. The van der Waals surface area contributed by atoms with Crippen molar-refractivity contribution in [2.75, 3.05) is 0 Å². The topological polar surface area (TPSA) is 43.8 Å². The van der Waals surface area contributed by atoms with E-state index in [-0.39, 0.29) is 6.04 Å². The van der Waals surface area contributed by atoms with Crippen molar-refractivity contribution in [2.45, 2.75) is 29.8 Å². The second-order valence-corrected chi connectivity index (χ2v) is 5.80. The number of hydrogen-bond acceptors (Lipinski definition) is 3. The molecule has 18 heavy (non-hydrogen) atoms. The maximum atomic E-state index is 6.28. The molecule has 1 heterocycles. The molecule has 1 aromatic carbocycles. The van der Waals surface area contributed by atoms with Crippen molar-refractivity contribution in [1.82, 2.24) is 9.78 Å². The van der Waals surface area contributed by atoms with Crippen molar-refractivity contribution >= 4 is 23.4 Å². The van der Waals surface area contributed by atoms with E-state index in [4.69, 9.17) is 17.3 Å². The van der Waals surface area contributed by atoms with Crippen LogP contribution in [0.5, 0.6) is 0 Å². The molecule has 0 amide bonds. The molecule has 96 valence electrons. The molecule has 0 fully saturated rings. The van der Waals surface area contributed by atoms with Crippen molar-refractivity contribution < 1.29 is 0 Å². The smallest absolute Gasteiger partial charge is 0.0987 e. The summed E-state index contributed by atoms with van der Waals surface area (Å²) in [7, 11) is 1.93. The lowest BCUT2D eigenvalue weighted by molar-refractivity contribution is 0.692. The number of nitrogens with zero attached hydrogens (tertiary/aromatic N) is 2. The predicted molar refractivity (Wildman–Crippen MR) is 76.1 cm³/mol. The summed E-state index contributed by atoms with van der Waals surface area (Å²) in [6.07, 6.45) is 0. The zero-order chi connectivity index (χ0) is 13.3. The SMILES string of the molecule is Cc1cc(Sc2ccc(C(C)N)cc2Cl)n(C)n1. The number of rotatable bonds is 3. The van der Waals surface area contributed by atoms with Crippen LogP contribution in [0, 0.1) is 6.92 Å². The largest absolute Gasteiger partial charge is 0.324 e. The van der Waals surface area contributed by atoms with Crippen LogP contribution >= 0.6 is 23.4 Å². The van der Waals surface area contributed by atoms with Gasteiger partial charge in [-0.3, -0.25) is 4.68 Å². The van der Waals surface area contributed by atoms with Gasteiger partial charge in [0, 0.05) is 18.0 Å². The zero-order valence-corrected chi connectivity index (χ0v) is 12.2. The van der Waals surface area contributed by atoms with Gasteiger partial charge in [0.25, 0.3) is 0 Å². The lowest BCUT2D eigenvalue weighted by atomic mass is 10.1. The van der Waals surface area contributed by atoms with E-state index in [0.29, 0.717) is 0 Å². The third-order valence-corrected chi connectivity index (χ3v) is 4.25. The second-order valence-electron chi connectivity index (χ2n) is 4.33. The molecule has 0 bridgehead atoms. The summed E-state index contributed by atoms with van der Waals surface area (Å²) in [5.74, 6) is 0. The molecule has 1 aromatic heterocycles. The standard InChI is InChI=1S/C13H16ClN3S/c1-8-6-13(17(3)16-8)18-12-5-4-10(9(2)15)7-11(12)14/h4-7,9H,15H2,1-3H3. The number of aryl methyl sites for hydroxylation is 2. The van der Waals surface area contributed by atoms with Crippen molar-refractivity contribution in [3.8, 4) is 0 Å². The number of hydrogen-bond donors (Lipinski definition) is 1. The first-order valence-corrected chi connectivity index (χ1v) is 6.90. The Bertz CT molecular complexity index is 563. The first kappa shape index (κ1) is 13.5. The monoisotopic (exact) mass is 281 g/mol. The van der Waals surface area contributed by atoms with Gasteiger partial charge in [0.15, 0.2) is 0 Å². The minimum absolute atomic E-state index is 0.000461. The summed E-state index contributed by atoms with van der Waals surface area (Å²) in [5.41, 5.74) is 7.88. The third-order valence-electron chi connectivity index (χ3n) is 2.66. The Morgan fingerprint density at radius 3 is 2.61 bits per heavy atom. The Hall–Kier alpha value is -0.970. The quantitative estimate of drug-likeness (QED) is 0.936. The summed E-state index contributed by atoms with van der Waals surface area (Å²) in [6.45, 7) is 3.92. The Morgan fingerprint density at radius 2 is 2.11 bits per heavy atom. The fourth-order valence-corrected chi connectivity index (χ4v) is 2.90. The number of benzene rings is 1. The molecular weight excluding hydrogens is 266 g/mol. The van der Waals surface area contributed by atoms with Gasteiger partial charge in [-0.05, 0) is 37.6 Å². The molecule has 2 aromatic rings. The molecular formula is C13H16ClN3S. The molecule has 0 spiro atoms. The zero-order valence-electron chi connectivity index (χ0n) is 10.6. The molecule has 0 aliphatic heterocycles. The molecule has 0 saturated carbocycles. The highest BCUT2D eigenvalue weighted by molar-refractivity contribution is 7.99. The number of aromatic nitrogens is 2. The van der Waals surface area contributed by atoms with Crippen LogP contribution in [-0.4, -0.2) is 9.78 Å². The van der Waals surface area contributed by atoms with E-state index < -0.39 is 0 Å². The fourth-order valence-electron chi connectivity index (χ4n) is 1.68. The van der Waals surface area contributed by atoms with Gasteiger partial charge in [-0.25, -0.2) is 0 Å². The van der Waals surface area contributed by atoms with Crippen LogP contribution in [0.4, 0.5) is 0 Å². The molecule has 0 radical (unpaired) electrons. The minimum atomic E-state index is 0.000461. The lowest BCUT2D eigenvalue weighted by Gasteiger charge is -2.09. The second kappa shape index (κ2) is 5.34. The Morgan fingerprint density at radius 1 is 1.39 bits per heavy atom. The number of nitrogens with two attached hydrogens (primary N) is 1. The van der Waals surface area contributed by atoms with E-state index in [9.17, 15) is 0 Å². The van der Waals surface area contributed by atoms with E-state index in [2.05, 4.69) is 5.10 Å². The molecule has 0 saturated heterocycles. The summed E-state index contributed by atoms with van der Waals surface area (Å²) in [4.78, 5) is 1.02. The molecule has 3 nitrogen and oxygen atoms in total. The van der Waals surface area contributed by atoms with Crippen LogP contribution in [0.3, 0.4) is 0 Å². The maximum Gasteiger partial charge on any atom is 0.0987 e. The van der Waals surface area contributed by atoms with Gasteiger partial charge >= 0.3 is 0 Å². The Labute approximate surface area is 116 Å². The average Bonchev–Trinajstić information content (AvgIpc) is 2.60. The first-order valence-electron chi connectivity index (χ1n) is 5.71. The maximum absolute atomic E-state index is 6.28. The van der Waals surface area contributed by atoms with Gasteiger partial charge in [0.1, 0.15) is 0 Å². The summed E-state index contributed by atoms with van der Waals surface area (Å²) >= 11 is 7.89. The van der Waals surface area contributed by atoms with Crippen molar-refractivity contribution in [1.29, 1.82) is 0 Å². The summed E-state index contributed by atoms with van der Waals surface area (Å²) in [5, 5.41) is 6.12. The highest BCUT2D eigenvalue weighted by Crippen LogP contribution is 2.34. The van der Waals surface area contributed by atoms with Gasteiger partial charge in [0.05, 0.1) is 15.7 Å². The van der Waals surface area contributed by atoms with E-state index in [1.807, 2.05) is 49.8 Å². The predicted octanol–water partition coefficient (Wildman–Crippen LogP) is 3.55. The van der Waals surface area contributed by atoms with E-state index in [1.54, 1.807) is 11.8 Å². The van der Waals surface area contributed by atoms with Gasteiger partial charge in [-0.1, -0.05) is 29.4 Å². The van der Waals surface area contributed by atoms with Crippen molar-refractivity contribution in [3.05, 3.63) is 40.5 Å². The molecule has 0 aliphatic rings. The van der Waals surface area contributed by atoms with Crippen LogP contribution in [0.1, 0.15) is 24.2 Å². The van der Waals surface area contributed by atoms with Crippen LogP contribution in [-0.2, 0) is 7.05 Å². The van der Waals surface area contributed by atoms with Gasteiger partial charge in [0.2, 0.25) is 0 Å². The van der Waals surface area contributed by atoms with Gasteiger partial charge < -0.3 is 5.73 Å². The summed E-state index contributed by atoms with van der Waals surface area (Å²) in [6, 6.07) is 7.99. The molecule has 2 rings (SSSR count). The molecule has 5 heteroatoms. The van der Waals surface area contributed by atoms with Crippen molar-refractivity contribution in [3.63, 3.8) is 0 Å². The highest BCUT2D eigenvalue weighted by atomic mass is 35.5. The van der Waals surface area contributed by atoms with Gasteiger partial charge in [-0.2, -0.15) is 5.10 Å².